The molecule has 8 heteroatoms. The molecule has 6 nitrogen and oxygen atoms in total. The summed E-state index contributed by atoms with van der Waals surface area (Å²) in [6.07, 6.45) is 6.45. The molecule has 0 amide bonds. The average molecular weight is 453 g/mol. The highest BCUT2D eigenvalue weighted by atomic mass is 32.2. The van der Waals surface area contributed by atoms with Crippen molar-refractivity contribution in [3.63, 3.8) is 0 Å². The van der Waals surface area contributed by atoms with Crippen LogP contribution in [0.25, 0.3) is 22.0 Å². The maximum absolute atomic E-state index is 13.7. The summed E-state index contributed by atoms with van der Waals surface area (Å²) in [7, 11) is -3.78. The number of hydrogen-bond acceptors (Lipinski definition) is 3. The number of halogens is 1. The van der Waals surface area contributed by atoms with Crippen LogP contribution < -0.4 is 0 Å². The van der Waals surface area contributed by atoms with Crippen LogP contribution in [-0.2, 0) is 16.6 Å². The molecule has 1 unspecified atom stereocenters. The fourth-order valence-corrected chi connectivity index (χ4v) is 6.78. The number of rotatable bonds is 5. The van der Waals surface area contributed by atoms with Crippen LogP contribution >= 0.6 is 0 Å². The van der Waals surface area contributed by atoms with Gasteiger partial charge in [0, 0.05) is 47.5 Å². The molecule has 1 saturated heterocycles. The van der Waals surface area contributed by atoms with Gasteiger partial charge in [-0.05, 0) is 68.1 Å². The molecule has 0 aliphatic carbocycles. The molecular formula is C24H25FN4O2S. The van der Waals surface area contributed by atoms with E-state index in [1.54, 1.807) is 6.20 Å². The predicted molar refractivity (Wildman–Crippen MR) is 122 cm³/mol. The molecule has 0 spiro atoms. The first-order valence-electron chi connectivity index (χ1n) is 10.6. The molecule has 0 saturated carbocycles. The molecule has 166 valence electrons. The Morgan fingerprint density at radius 3 is 2.75 bits per heavy atom. The first-order chi connectivity index (χ1) is 15.2. The molecule has 5 rings (SSSR count). The fraction of sp³-hybridized carbons (Fsp3) is 0.292. The number of hydrogen-bond donors (Lipinski definition) is 1. The molecule has 2 aromatic heterocycles. The standard InChI is InChI=1S/C24H25FN4O2S/c1-24(2)12-17(16-29(24)32(30,31)22-5-3-4-21(25)11-22)15-28-9-8-19-10-18(6-7-23(19)28)20-13-26-27-14-20/h3-11,13-14,17H,12,15-16H2,1-2H3,(H,26,27). The van der Waals surface area contributed by atoms with E-state index < -0.39 is 21.4 Å². The van der Waals surface area contributed by atoms with Crippen LogP contribution in [0, 0.1) is 11.7 Å². The van der Waals surface area contributed by atoms with Gasteiger partial charge >= 0.3 is 0 Å². The Morgan fingerprint density at radius 2 is 2.00 bits per heavy atom. The van der Waals surface area contributed by atoms with E-state index in [4.69, 9.17) is 0 Å². The molecule has 3 heterocycles. The SMILES string of the molecule is CC1(C)CC(Cn2ccc3cc(-c4cn[nH]c4)ccc32)CN1S(=O)(=O)c1cccc(F)c1. The zero-order valence-corrected chi connectivity index (χ0v) is 18.8. The van der Waals surface area contributed by atoms with Gasteiger partial charge in [0.1, 0.15) is 5.82 Å². The largest absolute Gasteiger partial charge is 0.347 e. The van der Waals surface area contributed by atoms with Gasteiger partial charge < -0.3 is 4.57 Å². The van der Waals surface area contributed by atoms with Gasteiger partial charge in [0.05, 0.1) is 11.1 Å². The van der Waals surface area contributed by atoms with Gasteiger partial charge in [-0.25, -0.2) is 12.8 Å². The van der Waals surface area contributed by atoms with Crippen molar-refractivity contribution in [2.75, 3.05) is 6.54 Å². The molecule has 1 N–H and O–H groups in total. The summed E-state index contributed by atoms with van der Waals surface area (Å²) in [5, 5.41) is 7.98. The third-order valence-electron chi connectivity index (χ3n) is 6.33. The Morgan fingerprint density at radius 1 is 1.16 bits per heavy atom. The van der Waals surface area contributed by atoms with Crippen LogP contribution in [0.5, 0.6) is 0 Å². The van der Waals surface area contributed by atoms with Crippen LogP contribution in [0.15, 0.2) is 72.0 Å². The lowest BCUT2D eigenvalue weighted by Crippen LogP contribution is -2.42. The minimum atomic E-state index is -3.78. The molecule has 4 aromatic rings. The lowest BCUT2D eigenvalue weighted by atomic mass is 9.97. The maximum Gasteiger partial charge on any atom is 0.243 e. The van der Waals surface area contributed by atoms with E-state index in [0.29, 0.717) is 13.1 Å². The van der Waals surface area contributed by atoms with Crippen LogP contribution in [0.4, 0.5) is 4.39 Å². The number of aromatic amines is 1. The first-order valence-corrected chi connectivity index (χ1v) is 12.0. The van der Waals surface area contributed by atoms with Crippen molar-refractivity contribution in [3.8, 4) is 11.1 Å². The Bertz CT molecular complexity index is 1380. The number of aromatic nitrogens is 3. The van der Waals surface area contributed by atoms with Gasteiger partial charge in [0.15, 0.2) is 0 Å². The van der Waals surface area contributed by atoms with E-state index >= 15 is 0 Å². The van der Waals surface area contributed by atoms with E-state index in [1.807, 2.05) is 20.0 Å². The summed E-state index contributed by atoms with van der Waals surface area (Å²) in [5.41, 5.74) is 2.70. The third kappa shape index (κ3) is 3.63. The number of benzene rings is 2. The molecule has 1 fully saturated rings. The van der Waals surface area contributed by atoms with E-state index in [2.05, 4.69) is 45.2 Å². The molecule has 0 radical (unpaired) electrons. The zero-order chi connectivity index (χ0) is 22.5. The second-order valence-electron chi connectivity index (χ2n) is 9.10. The van der Waals surface area contributed by atoms with Crippen molar-refractivity contribution in [1.29, 1.82) is 0 Å². The molecule has 1 atom stereocenters. The highest BCUT2D eigenvalue weighted by Gasteiger charge is 2.45. The number of nitrogens with one attached hydrogen (secondary N) is 1. The normalized spacial score (nSPS) is 19.0. The topological polar surface area (TPSA) is 71.0 Å². The van der Waals surface area contributed by atoms with Crippen molar-refractivity contribution in [2.24, 2.45) is 5.92 Å². The van der Waals surface area contributed by atoms with Crippen molar-refractivity contribution in [3.05, 3.63) is 72.9 Å². The van der Waals surface area contributed by atoms with Crippen molar-refractivity contribution < 1.29 is 12.8 Å². The van der Waals surface area contributed by atoms with Crippen molar-refractivity contribution in [2.45, 2.75) is 37.2 Å². The molecular weight excluding hydrogens is 427 g/mol. The zero-order valence-electron chi connectivity index (χ0n) is 18.0. The molecule has 32 heavy (non-hydrogen) atoms. The fourth-order valence-electron chi connectivity index (χ4n) is 4.88. The Hall–Kier alpha value is -2.97. The summed E-state index contributed by atoms with van der Waals surface area (Å²) < 4.78 is 43.9. The van der Waals surface area contributed by atoms with Gasteiger partial charge in [0.2, 0.25) is 10.0 Å². The van der Waals surface area contributed by atoms with E-state index in [0.717, 1.165) is 34.5 Å². The summed E-state index contributed by atoms with van der Waals surface area (Å²) in [5.74, 6) is -0.397. The summed E-state index contributed by atoms with van der Waals surface area (Å²) in [6.45, 7) is 5.00. The van der Waals surface area contributed by atoms with Crippen LogP contribution in [0.3, 0.4) is 0 Å². The smallest absolute Gasteiger partial charge is 0.243 e. The van der Waals surface area contributed by atoms with E-state index in [1.165, 1.54) is 22.5 Å². The molecule has 1 aliphatic rings. The summed E-state index contributed by atoms with van der Waals surface area (Å²) >= 11 is 0. The molecule has 1 aliphatic heterocycles. The lowest BCUT2D eigenvalue weighted by molar-refractivity contribution is 0.291. The van der Waals surface area contributed by atoms with Crippen molar-refractivity contribution in [1.82, 2.24) is 19.1 Å². The lowest BCUT2D eigenvalue weighted by Gasteiger charge is -2.30. The first kappa shape index (κ1) is 20.9. The minimum Gasteiger partial charge on any atom is -0.347 e. The second-order valence-corrected chi connectivity index (χ2v) is 11.0. The Kier molecular flexibility index (Phi) is 4.94. The number of nitrogens with zero attached hydrogens (tertiary/aromatic N) is 3. The predicted octanol–water partition coefficient (Wildman–Crippen LogP) is 4.66. The van der Waals surface area contributed by atoms with Crippen LogP contribution in [0.1, 0.15) is 20.3 Å². The van der Waals surface area contributed by atoms with Gasteiger partial charge in [0.25, 0.3) is 0 Å². The van der Waals surface area contributed by atoms with Gasteiger partial charge in [-0.1, -0.05) is 12.1 Å². The van der Waals surface area contributed by atoms with Gasteiger partial charge in [-0.2, -0.15) is 9.40 Å². The second kappa shape index (κ2) is 7.56. The molecule has 0 bridgehead atoms. The summed E-state index contributed by atoms with van der Waals surface area (Å²) in [6, 6.07) is 13.6. The highest BCUT2D eigenvalue weighted by Crippen LogP contribution is 2.38. The van der Waals surface area contributed by atoms with Crippen LogP contribution in [0.2, 0.25) is 0 Å². The maximum atomic E-state index is 13.7. The average Bonchev–Trinajstić information content (AvgIpc) is 3.47. The number of fused-ring (bicyclic) bond motifs is 1. The Labute approximate surface area is 186 Å². The van der Waals surface area contributed by atoms with E-state index in [-0.39, 0.29) is 10.8 Å². The van der Waals surface area contributed by atoms with Crippen LogP contribution in [-0.4, -0.2) is 39.6 Å². The van der Waals surface area contributed by atoms with E-state index in [9.17, 15) is 12.8 Å². The monoisotopic (exact) mass is 452 g/mol. The number of sulfonamides is 1. The highest BCUT2D eigenvalue weighted by molar-refractivity contribution is 7.89. The minimum absolute atomic E-state index is 0.00409. The number of H-pyrrole nitrogens is 1. The quantitative estimate of drug-likeness (QED) is 0.479. The van der Waals surface area contributed by atoms with Crippen molar-refractivity contribution >= 4 is 20.9 Å². The van der Waals surface area contributed by atoms with Gasteiger partial charge in [-0.15, -0.1) is 0 Å². The van der Waals surface area contributed by atoms with Gasteiger partial charge in [-0.3, -0.25) is 5.10 Å². The summed E-state index contributed by atoms with van der Waals surface area (Å²) in [4.78, 5) is 0.00409. The third-order valence-corrected chi connectivity index (χ3v) is 8.40. The Balaban J connectivity index is 1.39. The molecule has 2 aromatic carbocycles.